The molecule has 5 aromatic carbocycles. The molecule has 20 rings (SSSR count). The smallest absolute Gasteiger partial charge is 0.175 e. The molecule has 10 nitrogen and oxygen atoms in total. The van der Waals surface area contributed by atoms with Crippen molar-refractivity contribution in [3.63, 3.8) is 0 Å². The van der Waals surface area contributed by atoms with Crippen molar-refractivity contribution in [1.29, 1.82) is 0 Å². The van der Waals surface area contributed by atoms with E-state index in [4.69, 9.17) is 0 Å². The maximum absolute atomic E-state index is 2.63. The first-order valence-corrected chi connectivity index (χ1v) is 47.7. The summed E-state index contributed by atoms with van der Waals surface area (Å²) in [6, 6.07) is 53.6. The van der Waals surface area contributed by atoms with Crippen LogP contribution in [0.15, 0.2) is 121 Å². The average Bonchev–Trinajstić information content (AvgIpc) is 1.68. The highest BCUT2D eigenvalue weighted by Gasteiger charge is 2.41. The van der Waals surface area contributed by atoms with E-state index in [9.17, 15) is 0 Å². The molecule has 0 bridgehead atoms. The molecule has 0 amide bonds. The molecular weight excluding hydrogens is 1400 g/mol. The first kappa shape index (κ1) is 90.8. The molecule has 15 aliphatic rings. The van der Waals surface area contributed by atoms with Crippen molar-refractivity contribution in [2.75, 3.05) is 99.9 Å². The molecule has 5 saturated heterocycles. The number of piperidine rings is 3. The maximum atomic E-state index is 2.63. The van der Waals surface area contributed by atoms with E-state index in [2.05, 4.69) is 316 Å². The van der Waals surface area contributed by atoms with Gasteiger partial charge in [-0.05, 0) is 333 Å². The van der Waals surface area contributed by atoms with Crippen LogP contribution >= 0.6 is 0 Å². The largest absolute Gasteiger partial charge is 0.372 e. The molecular formula is C105H169N10+. The van der Waals surface area contributed by atoms with Crippen LogP contribution in [0.2, 0.25) is 0 Å². The predicted octanol–water partition coefficient (Wildman–Crippen LogP) is 22.5. The Bertz CT molecular complexity index is 3560. The summed E-state index contributed by atoms with van der Waals surface area (Å²) >= 11 is 0. The number of rotatable bonds is 0. The summed E-state index contributed by atoms with van der Waals surface area (Å²) in [4.78, 5) is 22.4. The number of hydrogen-bond donors (Lipinski definition) is 0. The van der Waals surface area contributed by atoms with Crippen molar-refractivity contribution in [2.45, 2.75) is 347 Å². The highest BCUT2D eigenvalue weighted by atomic mass is 15.2. The first-order chi connectivity index (χ1) is 55.3. The van der Waals surface area contributed by atoms with E-state index in [-0.39, 0.29) is 0 Å². The van der Waals surface area contributed by atoms with Crippen LogP contribution in [0.4, 0.5) is 11.4 Å². The predicted molar refractivity (Wildman–Crippen MR) is 496 cm³/mol. The lowest BCUT2D eigenvalue weighted by atomic mass is 9.71. The van der Waals surface area contributed by atoms with Crippen molar-refractivity contribution in [3.05, 3.63) is 166 Å². The monoisotopic (exact) mass is 1570 g/mol. The number of likely N-dealkylation sites (tertiary alicyclic amines) is 5. The number of nitrogens with zero attached hydrogens (tertiary/aromatic N) is 10. The number of fused-ring (bicyclic) bond motifs is 10. The molecule has 5 saturated carbocycles. The Morgan fingerprint density at radius 1 is 0.313 bits per heavy atom. The molecule has 5 aliphatic carbocycles. The zero-order valence-corrected chi connectivity index (χ0v) is 77.2. The van der Waals surface area contributed by atoms with E-state index in [0.29, 0.717) is 30.2 Å². The lowest BCUT2D eigenvalue weighted by Crippen LogP contribution is -2.48. The zero-order chi connectivity index (χ0) is 82.0. The first-order valence-electron chi connectivity index (χ1n) is 47.7. The van der Waals surface area contributed by atoms with Crippen LogP contribution in [-0.2, 0) is 32.2 Å². The molecule has 10 fully saturated rings. The topological polar surface area (TPSA) is 32.2 Å². The fourth-order valence-electron chi connectivity index (χ4n) is 23.7. The van der Waals surface area contributed by atoms with E-state index in [0.717, 1.165) is 96.3 Å². The second-order valence-corrected chi connectivity index (χ2v) is 40.0. The van der Waals surface area contributed by atoms with Gasteiger partial charge in [-0.1, -0.05) is 174 Å². The SMILES string of the molecule is CC1C2CCCCC2CCN1C.CC1CC2CCCC2N1C.CC1CC2CCCCC2CN1C.CC1CC2CCCCC2N1C.CC1CCC2CCCCC2N1C.CC1CCc2ccccc2N1C.CC1Cc2ccccc2CN1C.CC1Cc2ccccc2N1C.CC1c2ccccc2C=[N+]1C.CC1c2ccccc2CCN1C. The van der Waals surface area contributed by atoms with Gasteiger partial charge in [-0.25, -0.2) is 4.58 Å². The minimum Gasteiger partial charge on any atom is -0.372 e. The molecule has 10 heterocycles. The Hall–Kier alpha value is -4.91. The summed E-state index contributed by atoms with van der Waals surface area (Å²) in [6.45, 7) is 28.3. The standard InChI is InChI=1S/C11H21N.C11H15N.C11H21N.C11H15N.C11H21N.C11H15N.C10H12N.C10H19N.C10H13N.C9H17N/c2*1-9-7-10-5-3-4-6-11(10)8-12(9)2;2*1-9-11-6-4-3-5-10(11)7-8-12(9)2;2*1-9-7-8-10-5-3-4-6-11(10)12(9)2;1-8-10-6-4-3-5-9(10)7-11(8)2;2*1-8-7-9-5-3-4-6-10(9)11(8)2;1-7-6-8-4-3-5-9(8)10(7)2/h9-11H,3-8H2,1-2H3;3-6,9H,7-8H2,1-2H3;9-11H,3-8H2,1-2H3;3-6,9H,7-8H2,1-2H3;9-11H,3-8H2,1-2H3;3-6,9H,7-8H2,1-2H3;3-8H,1-2H3;8-10H,3-7H2,1-2H3;3-6,8H,7H2,1-2H3;7-9H,3-6H2,1-2H3/q;;;;;;+1;;;. The molecule has 20 atom stereocenters. The Balaban J connectivity index is 0.000000126. The molecule has 638 valence electrons. The molecule has 5 aromatic rings. The number of aryl methyl sites for hydroxylation is 1. The van der Waals surface area contributed by atoms with E-state index in [1.165, 1.54) is 268 Å². The zero-order valence-electron chi connectivity index (χ0n) is 77.2. The second-order valence-electron chi connectivity index (χ2n) is 40.0. The minimum absolute atomic E-state index is 0.547. The van der Waals surface area contributed by atoms with E-state index >= 15 is 0 Å². The molecule has 0 spiro atoms. The third-order valence-corrected chi connectivity index (χ3v) is 32.9. The summed E-state index contributed by atoms with van der Waals surface area (Å²) in [5.41, 5.74) is 14.7. The molecule has 0 N–H and O–H groups in total. The van der Waals surface area contributed by atoms with Crippen molar-refractivity contribution in [2.24, 2.45) is 41.4 Å². The molecule has 0 radical (unpaired) electrons. The van der Waals surface area contributed by atoms with Crippen LogP contribution in [0.25, 0.3) is 0 Å². The van der Waals surface area contributed by atoms with Gasteiger partial charge in [-0.15, -0.1) is 0 Å². The summed E-state index contributed by atoms with van der Waals surface area (Å²) < 4.78 is 2.24. The molecule has 0 aromatic heterocycles. The second kappa shape index (κ2) is 44.1. The Morgan fingerprint density at radius 2 is 0.791 bits per heavy atom. The summed E-state index contributed by atoms with van der Waals surface area (Å²) in [5.74, 6) is 7.36. The van der Waals surface area contributed by atoms with Crippen LogP contribution in [-0.4, -0.2) is 202 Å². The number of anilines is 2. The average molecular weight is 1570 g/mol. The lowest BCUT2D eigenvalue weighted by Gasteiger charge is -2.45. The van der Waals surface area contributed by atoms with Crippen molar-refractivity contribution < 1.29 is 4.58 Å². The third-order valence-electron chi connectivity index (χ3n) is 32.9. The Labute approximate surface area is 706 Å². The maximum Gasteiger partial charge on any atom is 0.175 e. The van der Waals surface area contributed by atoms with Crippen molar-refractivity contribution in [1.82, 2.24) is 34.3 Å². The molecule has 115 heavy (non-hydrogen) atoms. The van der Waals surface area contributed by atoms with Gasteiger partial charge in [0.1, 0.15) is 7.05 Å². The number of para-hydroxylation sites is 2. The summed E-state index contributed by atoms with van der Waals surface area (Å²) in [6.07, 6.45) is 45.4. The Morgan fingerprint density at radius 3 is 1.43 bits per heavy atom. The van der Waals surface area contributed by atoms with Gasteiger partial charge in [0.05, 0.1) is 0 Å². The molecule has 10 heteroatoms. The normalized spacial score (nSPS) is 33.7. The van der Waals surface area contributed by atoms with Gasteiger partial charge in [-0.3, -0.25) is 9.80 Å². The summed E-state index contributed by atoms with van der Waals surface area (Å²) in [7, 11) is 22.4. The van der Waals surface area contributed by atoms with Crippen LogP contribution in [0.3, 0.4) is 0 Å². The van der Waals surface area contributed by atoms with Crippen molar-refractivity contribution in [3.8, 4) is 0 Å². The van der Waals surface area contributed by atoms with E-state index < -0.39 is 0 Å². The van der Waals surface area contributed by atoms with Gasteiger partial charge in [-0.2, -0.15) is 0 Å². The quantitative estimate of drug-likeness (QED) is 0.141. The van der Waals surface area contributed by atoms with Crippen LogP contribution < -0.4 is 9.80 Å². The van der Waals surface area contributed by atoms with Crippen molar-refractivity contribution >= 4 is 17.6 Å². The van der Waals surface area contributed by atoms with Crippen LogP contribution in [0.5, 0.6) is 0 Å². The van der Waals surface area contributed by atoms with Gasteiger partial charge in [0.2, 0.25) is 0 Å². The minimum atomic E-state index is 0.547. The molecule has 10 aliphatic heterocycles. The number of benzene rings is 5. The Kier molecular flexibility index (Phi) is 34.8. The van der Waals surface area contributed by atoms with Crippen LogP contribution in [0, 0.1) is 41.4 Å². The van der Waals surface area contributed by atoms with Gasteiger partial charge < -0.3 is 34.3 Å². The van der Waals surface area contributed by atoms with Gasteiger partial charge >= 0.3 is 0 Å². The van der Waals surface area contributed by atoms with Crippen LogP contribution in [0.1, 0.15) is 293 Å². The highest BCUT2D eigenvalue weighted by Crippen LogP contribution is 2.44. The summed E-state index contributed by atoms with van der Waals surface area (Å²) in [5, 5.41) is 0. The van der Waals surface area contributed by atoms with Gasteiger partial charge in [0, 0.05) is 136 Å². The fraction of sp³-hybridized carbons (Fsp3) is 0.705. The van der Waals surface area contributed by atoms with Gasteiger partial charge in [0.25, 0.3) is 0 Å². The fourth-order valence-corrected chi connectivity index (χ4v) is 23.7. The highest BCUT2D eigenvalue weighted by molar-refractivity contribution is 5.80. The lowest BCUT2D eigenvalue weighted by molar-refractivity contribution is -0.531. The van der Waals surface area contributed by atoms with Gasteiger partial charge in [0.15, 0.2) is 12.3 Å². The third kappa shape index (κ3) is 24.0. The number of hydrogen-bond acceptors (Lipinski definition) is 9. The molecule has 20 unspecified atom stereocenters. The van der Waals surface area contributed by atoms with E-state index in [1.54, 1.807) is 0 Å². The van der Waals surface area contributed by atoms with E-state index in [1.807, 2.05) is 0 Å². The number of likely N-dealkylation sites (N-methyl/N-ethyl adjacent to an activating group) is 3.